The van der Waals surface area contributed by atoms with Crippen LogP contribution in [-0.2, 0) is 16.1 Å². The average molecular weight is 535 g/mol. The van der Waals surface area contributed by atoms with Crippen LogP contribution in [0.3, 0.4) is 0 Å². The maximum atomic E-state index is 13.9. The number of hydrogen-bond donors (Lipinski definition) is 1. The van der Waals surface area contributed by atoms with E-state index in [4.69, 9.17) is 11.6 Å². The summed E-state index contributed by atoms with van der Waals surface area (Å²) in [6, 6.07) is 22.5. The van der Waals surface area contributed by atoms with Crippen LogP contribution in [0, 0.1) is 5.82 Å². The summed E-state index contributed by atoms with van der Waals surface area (Å²) < 4.78 is 13.2. The molecule has 0 radical (unpaired) electrons. The van der Waals surface area contributed by atoms with Crippen molar-refractivity contribution in [2.24, 2.45) is 0 Å². The van der Waals surface area contributed by atoms with Crippen molar-refractivity contribution < 1.29 is 18.8 Å². The van der Waals surface area contributed by atoms with E-state index in [9.17, 15) is 18.8 Å². The van der Waals surface area contributed by atoms with Gasteiger partial charge in [-0.15, -0.1) is 0 Å². The smallest absolute Gasteiger partial charge is 0.255 e. The lowest BCUT2D eigenvalue weighted by Gasteiger charge is -2.43. The monoisotopic (exact) mass is 534 g/mol. The third kappa shape index (κ3) is 5.09. The first-order valence-corrected chi connectivity index (χ1v) is 12.9. The topological polar surface area (TPSA) is 73.0 Å². The zero-order chi connectivity index (χ0) is 26.7. The number of para-hydroxylation sites is 1. The van der Waals surface area contributed by atoms with Gasteiger partial charge >= 0.3 is 0 Å². The number of piperidine rings is 1. The molecule has 196 valence electrons. The lowest BCUT2D eigenvalue weighted by Crippen LogP contribution is -2.57. The second-order valence-corrected chi connectivity index (χ2v) is 10.0. The van der Waals surface area contributed by atoms with Crippen LogP contribution < -0.4 is 10.2 Å². The Morgan fingerprint density at radius 1 is 0.921 bits per heavy atom. The Morgan fingerprint density at radius 3 is 2.26 bits per heavy atom. The largest absolute Gasteiger partial charge is 0.350 e. The summed E-state index contributed by atoms with van der Waals surface area (Å²) in [5.41, 5.74) is 1.25. The SMILES string of the molecule is O=C(CN1CN(c2ccccc2)C2(CCN(C(=O)c3ccccc3Cl)CC2)C1=O)NCc1ccc(F)cc1. The van der Waals surface area contributed by atoms with E-state index in [0.29, 0.717) is 36.5 Å². The minimum absolute atomic E-state index is 0.0899. The highest BCUT2D eigenvalue weighted by Gasteiger charge is 2.54. The van der Waals surface area contributed by atoms with Crippen LogP contribution >= 0.6 is 11.6 Å². The van der Waals surface area contributed by atoms with Crippen LogP contribution in [0.25, 0.3) is 0 Å². The maximum Gasteiger partial charge on any atom is 0.255 e. The molecular weight excluding hydrogens is 507 g/mol. The number of nitrogens with zero attached hydrogens (tertiary/aromatic N) is 3. The van der Waals surface area contributed by atoms with Gasteiger partial charge in [0.25, 0.3) is 11.8 Å². The summed E-state index contributed by atoms with van der Waals surface area (Å²) in [7, 11) is 0. The predicted octanol–water partition coefficient (Wildman–Crippen LogP) is 4.08. The second kappa shape index (κ2) is 10.8. The van der Waals surface area contributed by atoms with Crippen LogP contribution in [0.4, 0.5) is 10.1 Å². The van der Waals surface area contributed by atoms with Gasteiger partial charge in [-0.3, -0.25) is 14.4 Å². The summed E-state index contributed by atoms with van der Waals surface area (Å²) in [5, 5.41) is 3.22. The van der Waals surface area contributed by atoms with Gasteiger partial charge in [-0.25, -0.2) is 4.39 Å². The minimum Gasteiger partial charge on any atom is -0.350 e. The highest BCUT2D eigenvalue weighted by Crippen LogP contribution is 2.39. The number of likely N-dealkylation sites (tertiary alicyclic amines) is 1. The van der Waals surface area contributed by atoms with Crippen molar-refractivity contribution in [1.82, 2.24) is 15.1 Å². The van der Waals surface area contributed by atoms with Gasteiger partial charge in [0.15, 0.2) is 0 Å². The van der Waals surface area contributed by atoms with Gasteiger partial charge in [0.05, 0.1) is 17.3 Å². The Labute approximate surface area is 225 Å². The lowest BCUT2D eigenvalue weighted by molar-refractivity contribution is -0.137. The number of anilines is 1. The van der Waals surface area contributed by atoms with E-state index in [-0.39, 0.29) is 43.3 Å². The molecule has 0 bridgehead atoms. The Bertz CT molecular complexity index is 1330. The Morgan fingerprint density at radius 2 is 1.58 bits per heavy atom. The summed E-state index contributed by atoms with van der Waals surface area (Å²) >= 11 is 6.25. The molecule has 2 aliphatic rings. The molecule has 3 amide bonds. The molecule has 0 atom stereocenters. The van der Waals surface area contributed by atoms with Gasteiger partial charge in [0.1, 0.15) is 17.9 Å². The molecule has 0 unspecified atom stereocenters. The number of benzene rings is 3. The first-order valence-electron chi connectivity index (χ1n) is 12.5. The molecule has 5 rings (SSSR count). The lowest BCUT2D eigenvalue weighted by atomic mass is 9.85. The fourth-order valence-electron chi connectivity index (χ4n) is 5.24. The molecule has 0 saturated carbocycles. The molecule has 2 fully saturated rings. The molecule has 7 nitrogen and oxygen atoms in total. The van der Waals surface area contributed by atoms with Crippen molar-refractivity contribution in [3.8, 4) is 0 Å². The van der Waals surface area contributed by atoms with Crippen LogP contribution in [0.5, 0.6) is 0 Å². The van der Waals surface area contributed by atoms with Crippen molar-refractivity contribution in [3.05, 3.63) is 101 Å². The zero-order valence-electron chi connectivity index (χ0n) is 20.8. The van der Waals surface area contributed by atoms with Crippen molar-refractivity contribution >= 4 is 35.0 Å². The Hall–Kier alpha value is -3.91. The van der Waals surface area contributed by atoms with Crippen LogP contribution in [0.15, 0.2) is 78.9 Å². The molecule has 9 heteroatoms. The standard InChI is InChI=1S/C29H28ClFN4O3/c30-25-9-5-4-8-24(25)27(37)33-16-14-29(15-17-33)28(38)34(20-35(29)23-6-2-1-3-7-23)19-26(36)32-18-21-10-12-22(31)13-11-21/h1-13H,14-20H2,(H,32,36). The first-order chi connectivity index (χ1) is 18.4. The summed E-state index contributed by atoms with van der Waals surface area (Å²) in [6.07, 6.45) is 0.870. The molecule has 2 aliphatic heterocycles. The molecule has 3 aromatic rings. The highest BCUT2D eigenvalue weighted by molar-refractivity contribution is 6.33. The summed E-state index contributed by atoms with van der Waals surface area (Å²) in [6.45, 7) is 1.21. The van der Waals surface area contributed by atoms with Gasteiger partial charge in [-0.1, -0.05) is 54.1 Å². The third-order valence-corrected chi connectivity index (χ3v) is 7.63. The van der Waals surface area contributed by atoms with Crippen molar-refractivity contribution in [3.63, 3.8) is 0 Å². The highest BCUT2D eigenvalue weighted by atomic mass is 35.5. The average Bonchev–Trinajstić information content (AvgIpc) is 3.19. The van der Waals surface area contributed by atoms with E-state index >= 15 is 0 Å². The van der Waals surface area contributed by atoms with Gasteiger partial charge in [-0.2, -0.15) is 0 Å². The number of hydrogen-bond acceptors (Lipinski definition) is 4. The fraction of sp³-hybridized carbons (Fsp3) is 0.276. The van der Waals surface area contributed by atoms with Crippen LogP contribution in [0.1, 0.15) is 28.8 Å². The fourth-order valence-corrected chi connectivity index (χ4v) is 5.46. The van der Waals surface area contributed by atoms with Crippen molar-refractivity contribution in [2.75, 3.05) is 31.2 Å². The Kier molecular flexibility index (Phi) is 7.33. The minimum atomic E-state index is -0.851. The third-order valence-electron chi connectivity index (χ3n) is 7.30. The predicted molar refractivity (Wildman–Crippen MR) is 143 cm³/mol. The van der Waals surface area contributed by atoms with E-state index in [1.54, 1.807) is 46.2 Å². The molecule has 0 aliphatic carbocycles. The zero-order valence-corrected chi connectivity index (χ0v) is 21.5. The Balaban J connectivity index is 1.30. The normalized spacial score (nSPS) is 16.7. The molecule has 2 heterocycles. The molecule has 1 N–H and O–H groups in total. The van der Waals surface area contributed by atoms with Gasteiger partial charge < -0.3 is 20.0 Å². The van der Waals surface area contributed by atoms with Gasteiger partial charge in [-0.05, 0) is 54.8 Å². The van der Waals surface area contributed by atoms with Crippen molar-refractivity contribution in [1.29, 1.82) is 0 Å². The van der Waals surface area contributed by atoms with Gasteiger partial charge in [0.2, 0.25) is 5.91 Å². The molecular formula is C29H28ClFN4O3. The van der Waals surface area contributed by atoms with E-state index in [1.165, 1.54) is 12.1 Å². The molecule has 2 saturated heterocycles. The quantitative estimate of drug-likeness (QED) is 0.517. The van der Waals surface area contributed by atoms with Gasteiger partial charge in [0, 0.05) is 25.3 Å². The summed E-state index contributed by atoms with van der Waals surface area (Å²) in [4.78, 5) is 45.1. The summed E-state index contributed by atoms with van der Waals surface area (Å²) in [5.74, 6) is -0.907. The molecule has 38 heavy (non-hydrogen) atoms. The first kappa shape index (κ1) is 25.7. The number of amides is 3. The van der Waals surface area contributed by atoms with Crippen LogP contribution in [0.2, 0.25) is 5.02 Å². The number of nitrogens with one attached hydrogen (secondary N) is 1. The molecule has 1 spiro atoms. The molecule has 3 aromatic carbocycles. The van der Waals surface area contributed by atoms with Crippen LogP contribution in [-0.4, -0.2) is 59.4 Å². The molecule has 0 aromatic heterocycles. The number of halogens is 2. The number of carbonyl (C=O) groups excluding carboxylic acids is 3. The van der Waals surface area contributed by atoms with E-state index in [2.05, 4.69) is 10.2 Å². The van der Waals surface area contributed by atoms with E-state index < -0.39 is 5.54 Å². The van der Waals surface area contributed by atoms with E-state index in [1.807, 2.05) is 30.3 Å². The van der Waals surface area contributed by atoms with Crippen molar-refractivity contribution in [2.45, 2.75) is 24.9 Å². The second-order valence-electron chi connectivity index (χ2n) is 9.61. The maximum absolute atomic E-state index is 13.9. The van der Waals surface area contributed by atoms with E-state index in [0.717, 1.165) is 11.3 Å². The number of rotatable bonds is 6. The number of carbonyl (C=O) groups is 3.